The minimum atomic E-state index is 0.219. The summed E-state index contributed by atoms with van der Waals surface area (Å²) in [5, 5.41) is 3.14. The van der Waals surface area contributed by atoms with E-state index in [1.165, 1.54) is 5.56 Å². The van der Waals surface area contributed by atoms with Crippen LogP contribution in [-0.2, 0) is 5.32 Å². The summed E-state index contributed by atoms with van der Waals surface area (Å²) in [7, 11) is 0. The van der Waals surface area contributed by atoms with Crippen LogP contribution in [0.3, 0.4) is 0 Å². The summed E-state index contributed by atoms with van der Waals surface area (Å²) in [5.74, 6) is 0. The Morgan fingerprint density at radius 2 is 1.80 bits per heavy atom. The fourth-order valence-electron chi connectivity index (χ4n) is 1.91. The Kier molecular flexibility index (Phi) is 4.23. The van der Waals surface area contributed by atoms with Crippen molar-refractivity contribution in [2.24, 2.45) is 0 Å². The second-order valence-electron chi connectivity index (χ2n) is 4.24. The molecule has 0 unspecified atom stereocenters. The molecule has 0 radical (unpaired) electrons. The van der Waals surface area contributed by atoms with Crippen LogP contribution in [0.25, 0.3) is 10.9 Å². The molecule has 100 valence electrons. The van der Waals surface area contributed by atoms with Gasteiger partial charge in [0, 0.05) is 0 Å². The van der Waals surface area contributed by atoms with Crippen molar-refractivity contribution in [2.75, 3.05) is 0 Å². The number of halogens is 2. The van der Waals surface area contributed by atoms with Crippen molar-refractivity contribution in [2.45, 2.75) is 5.32 Å². The molecule has 20 heavy (non-hydrogen) atoms. The molecule has 0 amide bonds. The van der Waals surface area contributed by atoms with Crippen molar-refractivity contribution >= 4 is 53.7 Å². The average molecular weight is 368 g/mol. The Morgan fingerprint density at radius 3 is 2.60 bits per heavy atom. The molecule has 0 fully saturated rings. The number of nitrogens with zero attached hydrogens (tertiary/aromatic N) is 2. The zero-order valence-electron chi connectivity index (χ0n) is 10.4. The van der Waals surface area contributed by atoms with Crippen LogP contribution in [0.2, 0.25) is 10.0 Å². The Labute approximate surface area is 133 Å². The van der Waals surface area contributed by atoms with Gasteiger partial charge in [0.05, 0.1) is 0 Å². The van der Waals surface area contributed by atoms with Crippen molar-refractivity contribution < 1.29 is 0 Å². The third-order valence-corrected chi connectivity index (χ3v) is 5.60. The summed E-state index contributed by atoms with van der Waals surface area (Å²) in [6.07, 6.45) is 1.57. The van der Waals surface area contributed by atoms with Crippen LogP contribution in [0.1, 0.15) is 5.56 Å². The van der Waals surface area contributed by atoms with Gasteiger partial charge in [-0.05, 0) is 0 Å². The van der Waals surface area contributed by atoms with Crippen molar-refractivity contribution in [1.82, 2.24) is 9.97 Å². The average Bonchev–Trinajstić information content (AvgIpc) is 2.46. The second kappa shape index (κ2) is 6.11. The van der Waals surface area contributed by atoms with E-state index in [4.69, 9.17) is 23.2 Å². The van der Waals surface area contributed by atoms with Gasteiger partial charge in [0.1, 0.15) is 0 Å². The first-order valence-electron chi connectivity index (χ1n) is 6.00. The fraction of sp³-hybridized carbons (Fsp3) is 0.0667. The molecule has 5 heteroatoms. The van der Waals surface area contributed by atoms with Crippen LogP contribution >= 0.6 is 23.2 Å². The number of benzene rings is 2. The van der Waals surface area contributed by atoms with Crippen molar-refractivity contribution in [3.8, 4) is 0 Å². The maximum absolute atomic E-state index is 6.18. The predicted molar refractivity (Wildman–Crippen MR) is 85.1 cm³/mol. The summed E-state index contributed by atoms with van der Waals surface area (Å²) < 4.78 is 1.04. The van der Waals surface area contributed by atoms with Crippen LogP contribution < -0.4 is 4.59 Å². The van der Waals surface area contributed by atoms with E-state index in [2.05, 4.69) is 34.2 Å². The van der Waals surface area contributed by atoms with Gasteiger partial charge in [0.15, 0.2) is 0 Å². The molecule has 0 N–H and O–H groups in total. The molecule has 0 saturated heterocycles. The molecule has 0 bridgehead atoms. The number of rotatable bonds is 3. The van der Waals surface area contributed by atoms with Crippen LogP contribution in [-0.4, -0.2) is 24.9 Å². The van der Waals surface area contributed by atoms with Crippen LogP contribution in [0.5, 0.6) is 0 Å². The third-order valence-electron chi connectivity index (χ3n) is 2.84. The summed E-state index contributed by atoms with van der Waals surface area (Å²) >= 11 is 12.5. The molecule has 1 aromatic heterocycles. The Hall–Kier alpha value is -1.12. The van der Waals surface area contributed by atoms with Gasteiger partial charge in [0.2, 0.25) is 0 Å². The standard InChI is InChI=1S/C15H10Cl2N2Se/c16-11-6-12-14(13(17)7-11)18-9-19-15(12)20-8-10-4-2-1-3-5-10/h1-7,9H,8H2. The molecule has 0 aliphatic heterocycles. The zero-order chi connectivity index (χ0) is 13.9. The summed E-state index contributed by atoms with van der Waals surface area (Å²) in [6, 6.07) is 14.0. The van der Waals surface area contributed by atoms with E-state index in [1.807, 2.05) is 12.1 Å². The topological polar surface area (TPSA) is 25.8 Å². The third kappa shape index (κ3) is 2.97. The van der Waals surface area contributed by atoms with Crippen molar-refractivity contribution in [3.63, 3.8) is 0 Å². The first-order chi connectivity index (χ1) is 9.74. The predicted octanol–water partition coefficient (Wildman–Crippen LogP) is 3.47. The summed E-state index contributed by atoms with van der Waals surface area (Å²) in [5.41, 5.74) is 2.09. The SMILES string of the molecule is Clc1cc(Cl)c2ncnc([Se]Cc3ccccc3)c2c1. The van der Waals surface area contributed by atoms with Gasteiger partial charge >= 0.3 is 133 Å². The minimum absolute atomic E-state index is 0.219. The second-order valence-corrected chi connectivity index (χ2v) is 7.10. The van der Waals surface area contributed by atoms with Crippen LogP contribution in [0, 0.1) is 0 Å². The first kappa shape index (κ1) is 13.8. The molecule has 2 nitrogen and oxygen atoms in total. The van der Waals surface area contributed by atoms with Crippen LogP contribution in [0.4, 0.5) is 0 Å². The molecule has 0 aliphatic carbocycles. The van der Waals surface area contributed by atoms with Gasteiger partial charge in [-0.15, -0.1) is 0 Å². The fourth-order valence-corrected chi connectivity index (χ4v) is 4.40. The zero-order valence-corrected chi connectivity index (χ0v) is 13.6. The molecule has 0 spiro atoms. The molecule has 0 aliphatic rings. The van der Waals surface area contributed by atoms with Gasteiger partial charge in [-0.2, -0.15) is 0 Å². The number of hydrogen-bond donors (Lipinski definition) is 0. The molecule has 2 aromatic carbocycles. The number of aromatic nitrogens is 2. The van der Waals surface area contributed by atoms with Crippen LogP contribution in [0.15, 0.2) is 48.8 Å². The van der Waals surface area contributed by atoms with Gasteiger partial charge in [-0.25, -0.2) is 0 Å². The van der Waals surface area contributed by atoms with E-state index < -0.39 is 0 Å². The van der Waals surface area contributed by atoms with E-state index in [0.29, 0.717) is 10.0 Å². The van der Waals surface area contributed by atoms with E-state index in [1.54, 1.807) is 12.4 Å². The molecule has 1 heterocycles. The number of hydrogen-bond acceptors (Lipinski definition) is 2. The Balaban J connectivity index is 1.95. The first-order valence-corrected chi connectivity index (χ1v) is 8.83. The van der Waals surface area contributed by atoms with Gasteiger partial charge in [0.25, 0.3) is 0 Å². The van der Waals surface area contributed by atoms with Crippen molar-refractivity contribution in [3.05, 3.63) is 64.4 Å². The monoisotopic (exact) mass is 368 g/mol. The molecule has 0 atom stereocenters. The maximum atomic E-state index is 6.18. The van der Waals surface area contributed by atoms with E-state index in [9.17, 15) is 0 Å². The van der Waals surface area contributed by atoms with Gasteiger partial charge in [-0.1, -0.05) is 0 Å². The Bertz CT molecular complexity index is 747. The quantitative estimate of drug-likeness (QED) is 0.662. The summed E-state index contributed by atoms with van der Waals surface area (Å²) in [4.78, 5) is 8.65. The molecular weight excluding hydrogens is 358 g/mol. The van der Waals surface area contributed by atoms with Gasteiger partial charge in [-0.3, -0.25) is 0 Å². The van der Waals surface area contributed by atoms with Gasteiger partial charge < -0.3 is 0 Å². The van der Waals surface area contributed by atoms with Crippen molar-refractivity contribution in [1.29, 1.82) is 0 Å². The molecular formula is C15H10Cl2N2Se. The number of fused-ring (bicyclic) bond motifs is 1. The molecule has 3 rings (SSSR count). The van der Waals surface area contributed by atoms with E-state index in [-0.39, 0.29) is 15.0 Å². The molecule has 3 aromatic rings. The van der Waals surface area contributed by atoms with E-state index in [0.717, 1.165) is 20.8 Å². The van der Waals surface area contributed by atoms with E-state index >= 15 is 0 Å². The Morgan fingerprint density at radius 1 is 1.00 bits per heavy atom. The normalized spacial score (nSPS) is 10.9. The molecule has 0 saturated carbocycles. The summed E-state index contributed by atoms with van der Waals surface area (Å²) in [6.45, 7) is 0.